The Bertz CT molecular complexity index is 983. The summed E-state index contributed by atoms with van der Waals surface area (Å²) in [4.78, 5) is 31.7. The van der Waals surface area contributed by atoms with Crippen molar-refractivity contribution < 1.29 is 9.59 Å². The molecule has 0 saturated heterocycles. The lowest BCUT2D eigenvalue weighted by atomic mass is 10.1. The zero-order valence-electron chi connectivity index (χ0n) is 26.7. The molecule has 2 aromatic carbocycles. The van der Waals surface area contributed by atoms with Crippen molar-refractivity contribution in [1.82, 2.24) is 9.80 Å². The first-order valence-electron chi connectivity index (χ1n) is 14.9. The van der Waals surface area contributed by atoms with Crippen molar-refractivity contribution in [3.8, 4) is 0 Å². The zero-order valence-corrected chi connectivity index (χ0v) is 28.3. The molecule has 4 nitrogen and oxygen atoms in total. The molecule has 2 amide bonds. The molecule has 224 valence electrons. The van der Waals surface area contributed by atoms with E-state index >= 15 is 0 Å². The van der Waals surface area contributed by atoms with Gasteiger partial charge in [-0.05, 0) is 71.6 Å². The summed E-state index contributed by atoms with van der Waals surface area (Å²) in [6, 6.07) is 16.0. The zero-order chi connectivity index (χ0) is 30.2. The van der Waals surface area contributed by atoms with Crippen molar-refractivity contribution in [3.05, 3.63) is 59.7 Å². The maximum Gasteiger partial charge on any atom is 0.255 e. The normalized spacial score (nSPS) is 11.2. The van der Waals surface area contributed by atoms with E-state index in [2.05, 4.69) is 69.2 Å². The Morgan fingerprint density at radius 1 is 0.600 bits per heavy atom. The summed E-state index contributed by atoms with van der Waals surface area (Å²) in [5.74, 6) is 4.33. The Morgan fingerprint density at radius 2 is 1.02 bits per heavy atom. The molecule has 0 aromatic heterocycles. The topological polar surface area (TPSA) is 40.6 Å². The van der Waals surface area contributed by atoms with Crippen LogP contribution < -0.4 is 0 Å². The summed E-state index contributed by atoms with van der Waals surface area (Å²) in [7, 11) is 0. The Morgan fingerprint density at radius 3 is 1.45 bits per heavy atom. The average molecular weight is 587 g/mol. The fourth-order valence-corrected chi connectivity index (χ4v) is 5.84. The lowest BCUT2D eigenvalue weighted by Gasteiger charge is -2.27. The van der Waals surface area contributed by atoms with E-state index in [-0.39, 0.29) is 11.8 Å². The second-order valence-corrected chi connectivity index (χ2v) is 14.5. The van der Waals surface area contributed by atoms with Crippen molar-refractivity contribution >= 4 is 35.3 Å². The quantitative estimate of drug-likeness (QED) is 0.207. The second-order valence-electron chi connectivity index (χ2n) is 11.9. The second kappa shape index (κ2) is 19.2. The van der Waals surface area contributed by atoms with E-state index in [4.69, 9.17) is 0 Å². The summed E-state index contributed by atoms with van der Waals surface area (Å²) in [6.07, 6.45) is 0. The maximum absolute atomic E-state index is 12.8. The third-order valence-electron chi connectivity index (χ3n) is 5.75. The lowest BCUT2D eigenvalue weighted by molar-refractivity contribution is 0.0707. The minimum absolute atomic E-state index is 0.153. The van der Waals surface area contributed by atoms with Crippen LogP contribution in [-0.2, 0) is 0 Å². The first-order valence-corrected chi connectivity index (χ1v) is 16.9. The third-order valence-corrected chi connectivity index (χ3v) is 7.60. The maximum atomic E-state index is 12.8. The largest absolute Gasteiger partial charge is 0.338 e. The number of rotatable bonds is 14. The Kier molecular flexibility index (Phi) is 17.4. The molecular formula is C34H54N2O2S2. The fourth-order valence-electron chi connectivity index (χ4n) is 4.38. The summed E-state index contributed by atoms with van der Waals surface area (Å²) >= 11 is 3.54. The minimum atomic E-state index is 0.153. The van der Waals surface area contributed by atoms with Gasteiger partial charge in [-0.2, -0.15) is 0 Å². The number of hydrogen-bond acceptors (Lipinski definition) is 4. The number of hydrogen-bond donors (Lipinski definition) is 0. The van der Waals surface area contributed by atoms with Crippen LogP contribution in [0.5, 0.6) is 0 Å². The Balaban J connectivity index is 0.000000400. The van der Waals surface area contributed by atoms with Crippen LogP contribution in [0.25, 0.3) is 0 Å². The molecule has 2 aromatic rings. The molecule has 0 atom stereocenters. The molecule has 0 heterocycles. The molecule has 0 fully saturated rings. The highest BCUT2D eigenvalue weighted by Crippen LogP contribution is 2.24. The van der Waals surface area contributed by atoms with Gasteiger partial charge in [0.25, 0.3) is 11.8 Å². The van der Waals surface area contributed by atoms with E-state index in [1.165, 1.54) is 4.90 Å². The Labute approximate surface area is 254 Å². The Hall–Kier alpha value is -1.92. The van der Waals surface area contributed by atoms with Crippen LogP contribution in [0.1, 0.15) is 90.0 Å². The van der Waals surface area contributed by atoms with Gasteiger partial charge in [0, 0.05) is 41.5 Å². The van der Waals surface area contributed by atoms with Gasteiger partial charge in [-0.15, -0.1) is 23.5 Å². The molecule has 0 radical (unpaired) electrons. The van der Waals surface area contributed by atoms with Gasteiger partial charge in [-0.3, -0.25) is 9.59 Å². The van der Waals surface area contributed by atoms with E-state index in [0.717, 1.165) is 53.7 Å². The number of amides is 2. The van der Waals surface area contributed by atoms with E-state index < -0.39 is 0 Å². The molecule has 0 spiro atoms. The van der Waals surface area contributed by atoms with E-state index in [1.807, 2.05) is 58.3 Å². The van der Waals surface area contributed by atoms with Crippen molar-refractivity contribution in [2.75, 3.05) is 37.7 Å². The van der Waals surface area contributed by atoms with Crippen molar-refractivity contribution in [1.29, 1.82) is 0 Å². The van der Waals surface area contributed by atoms with E-state index in [0.29, 0.717) is 23.7 Å². The van der Waals surface area contributed by atoms with E-state index in [1.54, 1.807) is 23.5 Å². The SMILES string of the molecule is CCSc1ccc(C(=O)N(CC(C)C)CC(C)C)cc1.CCSc1ccccc1C(=O)N(CC(C)C)CC(C)C. The smallest absolute Gasteiger partial charge is 0.255 e. The van der Waals surface area contributed by atoms with Crippen LogP contribution in [0.2, 0.25) is 0 Å². The minimum Gasteiger partial charge on any atom is -0.338 e. The van der Waals surface area contributed by atoms with Crippen LogP contribution in [0.3, 0.4) is 0 Å². The summed E-state index contributed by atoms with van der Waals surface area (Å²) in [5.41, 5.74) is 1.65. The van der Waals surface area contributed by atoms with Gasteiger partial charge in [-0.25, -0.2) is 0 Å². The summed E-state index contributed by atoms with van der Waals surface area (Å²) in [6.45, 7) is 24.8. The molecular weight excluding hydrogens is 533 g/mol. The van der Waals surface area contributed by atoms with E-state index in [9.17, 15) is 9.59 Å². The predicted octanol–water partition coefficient (Wildman–Crippen LogP) is 9.11. The van der Waals surface area contributed by atoms with Crippen molar-refractivity contribution in [2.24, 2.45) is 23.7 Å². The van der Waals surface area contributed by atoms with Crippen LogP contribution in [-0.4, -0.2) is 59.3 Å². The van der Waals surface area contributed by atoms with Crippen molar-refractivity contribution in [2.45, 2.75) is 79.0 Å². The first-order chi connectivity index (χ1) is 18.9. The lowest BCUT2D eigenvalue weighted by Crippen LogP contribution is -2.37. The molecule has 0 aliphatic rings. The van der Waals surface area contributed by atoms with Crippen LogP contribution >= 0.6 is 23.5 Å². The molecule has 6 heteroatoms. The molecule has 0 aliphatic heterocycles. The van der Waals surface area contributed by atoms with Gasteiger partial charge in [0.2, 0.25) is 0 Å². The average Bonchev–Trinajstić information content (AvgIpc) is 2.87. The monoisotopic (exact) mass is 586 g/mol. The highest BCUT2D eigenvalue weighted by Gasteiger charge is 2.20. The molecule has 0 N–H and O–H groups in total. The van der Waals surface area contributed by atoms with Gasteiger partial charge in [0.05, 0.1) is 5.56 Å². The van der Waals surface area contributed by atoms with Crippen LogP contribution in [0, 0.1) is 23.7 Å². The molecule has 0 bridgehead atoms. The molecule has 0 unspecified atom stereocenters. The molecule has 40 heavy (non-hydrogen) atoms. The van der Waals surface area contributed by atoms with Crippen LogP contribution in [0.4, 0.5) is 0 Å². The molecule has 0 saturated carbocycles. The third kappa shape index (κ3) is 13.6. The highest BCUT2D eigenvalue weighted by atomic mass is 32.2. The van der Waals surface area contributed by atoms with Gasteiger partial charge in [-0.1, -0.05) is 81.4 Å². The highest BCUT2D eigenvalue weighted by molar-refractivity contribution is 7.99. The first kappa shape index (κ1) is 36.1. The van der Waals surface area contributed by atoms with Gasteiger partial charge < -0.3 is 9.80 Å². The molecule has 0 aliphatic carbocycles. The molecule has 2 rings (SSSR count). The standard InChI is InChI=1S/2C17H27NOS/c1-6-20-16-9-7-15(8-10-16)17(19)18(11-13(2)3)12-14(4)5;1-6-20-16-10-8-7-9-15(16)17(19)18(11-13(2)3)12-14(4)5/h2*7-10,13-14H,6,11-12H2,1-5H3. The fraction of sp³-hybridized carbons (Fsp3) is 0.588. The summed E-state index contributed by atoms with van der Waals surface area (Å²) in [5, 5.41) is 0. The summed E-state index contributed by atoms with van der Waals surface area (Å²) < 4.78 is 0. The van der Waals surface area contributed by atoms with Gasteiger partial charge in [0.1, 0.15) is 0 Å². The van der Waals surface area contributed by atoms with Gasteiger partial charge >= 0.3 is 0 Å². The number of carbonyl (C=O) groups is 2. The predicted molar refractivity (Wildman–Crippen MR) is 177 cm³/mol. The van der Waals surface area contributed by atoms with Gasteiger partial charge in [0.15, 0.2) is 0 Å². The van der Waals surface area contributed by atoms with Crippen LogP contribution in [0.15, 0.2) is 58.3 Å². The number of benzene rings is 2. The number of nitrogens with zero attached hydrogens (tertiary/aromatic N) is 2. The van der Waals surface area contributed by atoms with Crippen molar-refractivity contribution in [3.63, 3.8) is 0 Å². The number of thioether (sulfide) groups is 2. The number of carbonyl (C=O) groups excluding carboxylic acids is 2.